The summed E-state index contributed by atoms with van der Waals surface area (Å²) >= 11 is 4.79. The zero-order chi connectivity index (χ0) is 9.97. The average Bonchev–Trinajstić information content (AvgIpc) is 2.66. The van der Waals surface area contributed by atoms with E-state index < -0.39 is 0 Å². The molecule has 2 nitrogen and oxygen atoms in total. The molecular weight excluding hydrogens is 262 g/mol. The highest BCUT2D eigenvalue weighted by atomic mass is 79.9. The van der Waals surface area contributed by atoms with Gasteiger partial charge in [-0.2, -0.15) is 0 Å². The molecule has 1 aromatic heterocycles. The molecule has 1 aromatic carbocycles. The Morgan fingerprint density at radius 3 is 2.93 bits per heavy atom. The molecule has 2 aromatic rings. The number of aldehydes is 1. The summed E-state index contributed by atoms with van der Waals surface area (Å²) in [6.07, 6.45) is 2.49. The highest BCUT2D eigenvalue weighted by Crippen LogP contribution is 2.27. The number of benzene rings is 1. The Morgan fingerprint density at radius 1 is 1.43 bits per heavy atom. The molecule has 0 atom stereocenters. The molecule has 0 saturated heterocycles. The first-order chi connectivity index (χ1) is 6.79. The van der Waals surface area contributed by atoms with E-state index in [1.807, 2.05) is 24.3 Å². The number of hydrogen-bond acceptors (Lipinski definition) is 3. The Hall–Kier alpha value is -1.000. The molecule has 1 heterocycles. The van der Waals surface area contributed by atoms with Gasteiger partial charge in [0.2, 0.25) is 0 Å². The Labute approximate surface area is 93.7 Å². The number of carbonyl (C=O) groups is 1. The number of nitrogens with zero attached hydrogens (tertiary/aromatic N) is 1. The Balaban J connectivity index is 2.43. The van der Waals surface area contributed by atoms with Crippen molar-refractivity contribution in [2.45, 2.75) is 0 Å². The summed E-state index contributed by atoms with van der Waals surface area (Å²) in [4.78, 5) is 15.4. The van der Waals surface area contributed by atoms with Crippen LogP contribution in [0.2, 0.25) is 0 Å². The second-order valence-corrected chi connectivity index (χ2v) is 4.67. The number of hydrogen-bond donors (Lipinski definition) is 0. The van der Waals surface area contributed by atoms with E-state index in [-0.39, 0.29) is 0 Å². The molecule has 0 bridgehead atoms. The molecular formula is C10H6BrNOS. The van der Waals surface area contributed by atoms with Crippen LogP contribution >= 0.6 is 27.3 Å². The number of halogens is 1. The van der Waals surface area contributed by atoms with Gasteiger partial charge in [-0.25, -0.2) is 4.98 Å². The van der Waals surface area contributed by atoms with Gasteiger partial charge >= 0.3 is 0 Å². The summed E-state index contributed by atoms with van der Waals surface area (Å²) in [6, 6.07) is 7.92. The maximum absolute atomic E-state index is 10.5. The van der Waals surface area contributed by atoms with E-state index >= 15 is 0 Å². The van der Waals surface area contributed by atoms with E-state index in [0.29, 0.717) is 5.01 Å². The first-order valence-corrected chi connectivity index (χ1v) is 5.57. The molecule has 0 spiro atoms. The van der Waals surface area contributed by atoms with Crippen LogP contribution in [0.4, 0.5) is 0 Å². The first kappa shape index (κ1) is 9.55. The lowest BCUT2D eigenvalue weighted by atomic mass is 10.2. The van der Waals surface area contributed by atoms with Gasteiger partial charge in [-0.3, -0.25) is 4.79 Å². The molecule has 0 fully saturated rings. The van der Waals surface area contributed by atoms with Crippen molar-refractivity contribution < 1.29 is 4.79 Å². The van der Waals surface area contributed by atoms with Gasteiger partial charge in [-0.05, 0) is 17.7 Å². The highest BCUT2D eigenvalue weighted by molar-refractivity contribution is 9.10. The van der Waals surface area contributed by atoms with E-state index in [4.69, 9.17) is 0 Å². The van der Waals surface area contributed by atoms with Crippen LogP contribution < -0.4 is 0 Å². The molecule has 0 amide bonds. The third kappa shape index (κ3) is 1.91. The van der Waals surface area contributed by atoms with Crippen molar-refractivity contribution in [2.75, 3.05) is 0 Å². The fourth-order valence-electron chi connectivity index (χ4n) is 1.12. The van der Waals surface area contributed by atoms with Crippen molar-refractivity contribution in [3.05, 3.63) is 39.9 Å². The lowest BCUT2D eigenvalue weighted by Crippen LogP contribution is -1.70. The quantitative estimate of drug-likeness (QED) is 0.781. The Kier molecular flexibility index (Phi) is 2.74. The lowest BCUT2D eigenvalue weighted by molar-refractivity contribution is 0.112. The van der Waals surface area contributed by atoms with Crippen molar-refractivity contribution in [3.63, 3.8) is 0 Å². The minimum Gasteiger partial charge on any atom is -0.295 e. The summed E-state index contributed by atoms with van der Waals surface area (Å²) < 4.78 is 1.02. The van der Waals surface area contributed by atoms with Crippen LogP contribution in [0.3, 0.4) is 0 Å². The van der Waals surface area contributed by atoms with Gasteiger partial charge in [0.05, 0.1) is 4.88 Å². The summed E-state index contributed by atoms with van der Waals surface area (Å²) in [5.74, 6) is 0. The van der Waals surface area contributed by atoms with Gasteiger partial charge in [0.15, 0.2) is 11.3 Å². The van der Waals surface area contributed by atoms with Crippen molar-refractivity contribution in [3.8, 4) is 10.4 Å². The topological polar surface area (TPSA) is 30.0 Å². The van der Waals surface area contributed by atoms with Crippen molar-refractivity contribution in [1.29, 1.82) is 0 Å². The number of aromatic nitrogens is 1. The standard InChI is InChI=1S/C10H6BrNOS/c11-8-3-1-2-7(4-8)9-5-12-10(6-13)14-9/h1-6H. The molecule has 0 saturated carbocycles. The second-order valence-electron chi connectivity index (χ2n) is 2.69. The second kappa shape index (κ2) is 4.02. The van der Waals surface area contributed by atoms with Gasteiger partial charge < -0.3 is 0 Å². The summed E-state index contributed by atoms with van der Waals surface area (Å²) in [6.45, 7) is 0. The van der Waals surface area contributed by atoms with Crippen LogP contribution in [0.25, 0.3) is 10.4 Å². The fourth-order valence-corrected chi connectivity index (χ4v) is 2.25. The largest absolute Gasteiger partial charge is 0.295 e. The number of carbonyl (C=O) groups excluding carboxylic acids is 1. The Bertz CT molecular complexity index is 467. The van der Waals surface area contributed by atoms with Crippen LogP contribution in [0.5, 0.6) is 0 Å². The molecule has 0 aliphatic rings. The fraction of sp³-hybridized carbons (Fsp3) is 0. The molecule has 2 rings (SSSR count). The monoisotopic (exact) mass is 267 g/mol. The normalized spacial score (nSPS) is 10.1. The molecule has 0 N–H and O–H groups in total. The van der Waals surface area contributed by atoms with E-state index in [1.165, 1.54) is 11.3 Å². The molecule has 0 aliphatic carbocycles. The molecule has 4 heteroatoms. The molecule has 70 valence electrons. The third-order valence-corrected chi connectivity index (χ3v) is 3.20. The zero-order valence-electron chi connectivity index (χ0n) is 7.11. The smallest absolute Gasteiger partial charge is 0.178 e. The van der Waals surface area contributed by atoms with Gasteiger partial charge in [0.1, 0.15) is 0 Å². The summed E-state index contributed by atoms with van der Waals surface area (Å²) in [7, 11) is 0. The highest BCUT2D eigenvalue weighted by Gasteiger charge is 2.03. The van der Waals surface area contributed by atoms with Crippen LogP contribution in [-0.4, -0.2) is 11.3 Å². The number of rotatable bonds is 2. The maximum atomic E-state index is 10.5. The van der Waals surface area contributed by atoms with Crippen LogP contribution in [0.15, 0.2) is 34.9 Å². The van der Waals surface area contributed by atoms with Crippen LogP contribution in [0, 0.1) is 0 Å². The van der Waals surface area contributed by atoms with Gasteiger partial charge in [-0.1, -0.05) is 28.1 Å². The van der Waals surface area contributed by atoms with E-state index in [1.54, 1.807) is 6.20 Å². The predicted octanol–water partition coefficient (Wildman–Crippen LogP) is 3.39. The maximum Gasteiger partial charge on any atom is 0.178 e. The molecule has 0 radical (unpaired) electrons. The van der Waals surface area contributed by atoms with E-state index in [0.717, 1.165) is 21.2 Å². The molecule has 14 heavy (non-hydrogen) atoms. The van der Waals surface area contributed by atoms with Crippen molar-refractivity contribution in [1.82, 2.24) is 4.98 Å². The van der Waals surface area contributed by atoms with Crippen molar-refractivity contribution in [2.24, 2.45) is 0 Å². The minimum absolute atomic E-state index is 0.514. The third-order valence-electron chi connectivity index (χ3n) is 1.73. The van der Waals surface area contributed by atoms with Crippen LogP contribution in [-0.2, 0) is 0 Å². The molecule has 0 unspecified atom stereocenters. The van der Waals surface area contributed by atoms with Gasteiger partial charge in [-0.15, -0.1) is 11.3 Å². The average molecular weight is 268 g/mol. The van der Waals surface area contributed by atoms with Gasteiger partial charge in [0.25, 0.3) is 0 Å². The summed E-state index contributed by atoms with van der Waals surface area (Å²) in [5, 5.41) is 0.514. The predicted molar refractivity (Wildman–Crippen MR) is 60.6 cm³/mol. The molecule has 0 aliphatic heterocycles. The number of thiazole rings is 1. The lowest BCUT2D eigenvalue weighted by Gasteiger charge is -1.95. The Morgan fingerprint density at radius 2 is 2.29 bits per heavy atom. The van der Waals surface area contributed by atoms with Crippen molar-refractivity contribution >= 4 is 33.6 Å². The van der Waals surface area contributed by atoms with Gasteiger partial charge in [0, 0.05) is 10.7 Å². The van der Waals surface area contributed by atoms with E-state index in [2.05, 4.69) is 20.9 Å². The zero-order valence-corrected chi connectivity index (χ0v) is 9.51. The minimum atomic E-state index is 0.514. The summed E-state index contributed by atoms with van der Waals surface area (Å²) in [5.41, 5.74) is 1.07. The first-order valence-electron chi connectivity index (χ1n) is 3.96. The van der Waals surface area contributed by atoms with E-state index in [9.17, 15) is 4.79 Å². The SMILES string of the molecule is O=Cc1ncc(-c2cccc(Br)c2)s1. The van der Waals surface area contributed by atoms with Crippen LogP contribution in [0.1, 0.15) is 9.80 Å².